The van der Waals surface area contributed by atoms with Gasteiger partial charge in [-0.05, 0) is 43.4 Å². The second-order valence-corrected chi connectivity index (χ2v) is 7.83. The third-order valence-corrected chi connectivity index (χ3v) is 6.68. The molecule has 3 aliphatic rings. The Kier molecular flexibility index (Phi) is 3.12. The van der Waals surface area contributed by atoms with Crippen molar-refractivity contribution in [2.45, 2.75) is 31.2 Å². The highest BCUT2D eigenvalue weighted by atomic mass is 79.9. The summed E-state index contributed by atoms with van der Waals surface area (Å²) in [6.45, 7) is 3.98. The minimum atomic E-state index is -0.277. The number of rotatable bonds is 2. The molecule has 1 aromatic rings. The lowest BCUT2D eigenvalue weighted by Crippen LogP contribution is -2.40. The van der Waals surface area contributed by atoms with Crippen molar-refractivity contribution < 1.29 is 14.3 Å². The summed E-state index contributed by atoms with van der Waals surface area (Å²) >= 11 is 3.64. The van der Waals surface area contributed by atoms with E-state index in [1.165, 1.54) is 0 Å². The van der Waals surface area contributed by atoms with Gasteiger partial charge in [-0.15, -0.1) is 0 Å². The molecule has 3 fully saturated rings. The molecule has 1 amide bonds. The number of hydrogen-bond donors (Lipinski definition) is 1. The number of esters is 1. The summed E-state index contributed by atoms with van der Waals surface area (Å²) in [4.78, 5) is 25.0. The first-order valence-electron chi connectivity index (χ1n) is 7.70. The normalized spacial score (nSPS) is 38.2. The zero-order valence-corrected chi connectivity index (χ0v) is 14.1. The topological polar surface area (TPSA) is 55.4 Å². The van der Waals surface area contributed by atoms with Crippen molar-refractivity contribution in [1.29, 1.82) is 0 Å². The molecule has 116 valence electrons. The largest absolute Gasteiger partial charge is 0.461 e. The number of aryl methyl sites for hydroxylation is 2. The number of anilines is 1. The fraction of sp³-hybridized carbons (Fsp3) is 0.529. The van der Waals surface area contributed by atoms with E-state index in [0.29, 0.717) is 0 Å². The Bertz CT molecular complexity index is 674. The van der Waals surface area contributed by atoms with Crippen molar-refractivity contribution in [1.82, 2.24) is 0 Å². The van der Waals surface area contributed by atoms with Crippen LogP contribution in [0.15, 0.2) is 18.2 Å². The number of fused-ring (bicyclic) bond motifs is 1. The molecular formula is C17H18BrNO3. The van der Waals surface area contributed by atoms with Crippen LogP contribution in [-0.4, -0.2) is 22.8 Å². The molecule has 0 unspecified atom stereocenters. The van der Waals surface area contributed by atoms with E-state index in [0.717, 1.165) is 23.2 Å². The van der Waals surface area contributed by atoms with Crippen LogP contribution in [0, 0.1) is 37.5 Å². The van der Waals surface area contributed by atoms with Crippen LogP contribution in [-0.2, 0) is 14.3 Å². The van der Waals surface area contributed by atoms with Gasteiger partial charge >= 0.3 is 5.97 Å². The molecule has 4 nitrogen and oxygen atoms in total. The van der Waals surface area contributed by atoms with Gasteiger partial charge in [-0.3, -0.25) is 9.59 Å². The summed E-state index contributed by atoms with van der Waals surface area (Å²) in [5.74, 6) is -0.379. The molecule has 0 aromatic heterocycles. The van der Waals surface area contributed by atoms with E-state index in [2.05, 4.69) is 21.2 Å². The third kappa shape index (κ3) is 1.87. The zero-order chi connectivity index (χ0) is 15.6. The Labute approximate surface area is 137 Å². The Balaban J connectivity index is 1.61. The highest BCUT2D eigenvalue weighted by molar-refractivity contribution is 9.09. The van der Waals surface area contributed by atoms with Crippen LogP contribution in [0.3, 0.4) is 0 Å². The maximum Gasteiger partial charge on any atom is 0.310 e. The molecule has 0 spiro atoms. The van der Waals surface area contributed by atoms with E-state index >= 15 is 0 Å². The SMILES string of the molecule is Cc1ccc(C)c(NC(=O)[C@H]2[C@H]3C[C@H]4[C@H](OC(=O)[C@@H]42)[C@@H]3Br)c1. The summed E-state index contributed by atoms with van der Waals surface area (Å²) in [5, 5.41) is 3.03. The van der Waals surface area contributed by atoms with Crippen LogP contribution in [0.5, 0.6) is 0 Å². The fourth-order valence-electron chi connectivity index (χ4n) is 4.42. The first-order valence-corrected chi connectivity index (χ1v) is 8.61. The second kappa shape index (κ2) is 4.82. The number of amides is 1. The molecule has 1 saturated heterocycles. The molecule has 2 bridgehead atoms. The molecule has 4 rings (SSSR count). The number of carbonyl (C=O) groups is 2. The number of carbonyl (C=O) groups excluding carboxylic acids is 2. The molecule has 1 aliphatic heterocycles. The highest BCUT2D eigenvalue weighted by Crippen LogP contribution is 2.60. The van der Waals surface area contributed by atoms with Crippen molar-refractivity contribution in [2.75, 3.05) is 5.32 Å². The minimum Gasteiger partial charge on any atom is -0.461 e. The van der Waals surface area contributed by atoms with Gasteiger partial charge in [-0.1, -0.05) is 28.1 Å². The number of alkyl halides is 1. The van der Waals surface area contributed by atoms with Gasteiger partial charge < -0.3 is 10.1 Å². The molecule has 2 saturated carbocycles. The number of ether oxygens (including phenoxy) is 1. The maximum atomic E-state index is 12.8. The van der Waals surface area contributed by atoms with E-state index < -0.39 is 0 Å². The van der Waals surface area contributed by atoms with Crippen molar-refractivity contribution in [3.63, 3.8) is 0 Å². The number of hydrogen-bond acceptors (Lipinski definition) is 3. The van der Waals surface area contributed by atoms with Gasteiger partial charge in [-0.2, -0.15) is 0 Å². The van der Waals surface area contributed by atoms with Crippen LogP contribution in [0.4, 0.5) is 5.69 Å². The van der Waals surface area contributed by atoms with E-state index in [9.17, 15) is 9.59 Å². The van der Waals surface area contributed by atoms with Crippen molar-refractivity contribution in [3.05, 3.63) is 29.3 Å². The van der Waals surface area contributed by atoms with E-state index in [4.69, 9.17) is 4.74 Å². The van der Waals surface area contributed by atoms with E-state index in [1.807, 2.05) is 32.0 Å². The second-order valence-electron chi connectivity index (χ2n) is 6.77. The molecule has 1 aromatic carbocycles. The molecule has 22 heavy (non-hydrogen) atoms. The predicted molar refractivity (Wildman–Crippen MR) is 85.7 cm³/mol. The molecule has 1 heterocycles. The lowest BCUT2D eigenvalue weighted by Gasteiger charge is -2.27. The minimum absolute atomic E-state index is 0.0349. The van der Waals surface area contributed by atoms with Crippen LogP contribution >= 0.6 is 15.9 Å². The average Bonchev–Trinajstić information content (AvgIpc) is 3.07. The monoisotopic (exact) mass is 363 g/mol. The fourth-order valence-corrected chi connectivity index (χ4v) is 5.46. The standard InChI is InChI=1S/C17H18BrNO3/c1-7-3-4-8(2)11(5-7)19-16(20)12-9-6-10-13(12)17(21)22-15(10)14(9)18/h3-5,9-10,12-15H,6H2,1-2H3,(H,19,20)/t9-,10-,12+,13+,14-,15+/m1/s1. The Morgan fingerprint density at radius 1 is 1.32 bits per heavy atom. The van der Waals surface area contributed by atoms with Crippen LogP contribution in [0.2, 0.25) is 0 Å². The van der Waals surface area contributed by atoms with Gasteiger partial charge in [0.05, 0.1) is 16.7 Å². The quantitative estimate of drug-likeness (QED) is 0.649. The van der Waals surface area contributed by atoms with Gasteiger partial charge in [0, 0.05) is 11.6 Å². The predicted octanol–water partition coefficient (Wildman–Crippen LogP) is 2.81. The molecule has 0 radical (unpaired) electrons. The average molecular weight is 364 g/mol. The van der Waals surface area contributed by atoms with Gasteiger partial charge in [0.15, 0.2) is 0 Å². The van der Waals surface area contributed by atoms with Gasteiger partial charge in [0.1, 0.15) is 6.10 Å². The summed E-state index contributed by atoms with van der Waals surface area (Å²) in [7, 11) is 0. The van der Waals surface area contributed by atoms with Crippen molar-refractivity contribution in [3.8, 4) is 0 Å². The third-order valence-electron chi connectivity index (χ3n) is 5.48. The highest BCUT2D eigenvalue weighted by Gasteiger charge is 2.67. The first kappa shape index (κ1) is 14.2. The van der Waals surface area contributed by atoms with Gasteiger partial charge in [-0.25, -0.2) is 0 Å². The maximum absolute atomic E-state index is 12.8. The summed E-state index contributed by atoms with van der Waals surface area (Å²) in [6.07, 6.45) is 0.870. The number of benzene rings is 1. The summed E-state index contributed by atoms with van der Waals surface area (Å²) < 4.78 is 5.46. The molecule has 6 atom stereocenters. The van der Waals surface area contributed by atoms with E-state index in [-0.39, 0.29) is 46.5 Å². The molecule has 2 aliphatic carbocycles. The van der Waals surface area contributed by atoms with Gasteiger partial charge in [0.25, 0.3) is 0 Å². The molecule has 5 heteroatoms. The lowest BCUT2D eigenvalue weighted by atomic mass is 9.79. The van der Waals surface area contributed by atoms with Crippen LogP contribution < -0.4 is 5.32 Å². The molecular weight excluding hydrogens is 346 g/mol. The molecule has 1 N–H and O–H groups in total. The zero-order valence-electron chi connectivity index (χ0n) is 12.5. The van der Waals surface area contributed by atoms with Crippen LogP contribution in [0.25, 0.3) is 0 Å². The lowest BCUT2D eigenvalue weighted by molar-refractivity contribution is -0.145. The first-order chi connectivity index (χ1) is 10.5. The van der Waals surface area contributed by atoms with Crippen molar-refractivity contribution in [2.24, 2.45) is 23.7 Å². The smallest absolute Gasteiger partial charge is 0.310 e. The van der Waals surface area contributed by atoms with Crippen LogP contribution in [0.1, 0.15) is 17.5 Å². The van der Waals surface area contributed by atoms with Crippen molar-refractivity contribution >= 4 is 33.5 Å². The number of nitrogens with one attached hydrogen (secondary N) is 1. The Morgan fingerprint density at radius 3 is 2.86 bits per heavy atom. The van der Waals surface area contributed by atoms with Gasteiger partial charge in [0.2, 0.25) is 5.91 Å². The summed E-state index contributed by atoms with van der Waals surface area (Å²) in [6, 6.07) is 6.00. The summed E-state index contributed by atoms with van der Waals surface area (Å²) in [5.41, 5.74) is 2.97. The Morgan fingerprint density at radius 2 is 2.09 bits per heavy atom. The Hall–Kier alpha value is -1.36. The number of halogens is 1. The van der Waals surface area contributed by atoms with E-state index in [1.54, 1.807) is 0 Å².